The van der Waals surface area contributed by atoms with Crippen molar-refractivity contribution in [1.29, 1.82) is 0 Å². The van der Waals surface area contributed by atoms with Gasteiger partial charge in [0.2, 0.25) is 0 Å². The maximum absolute atomic E-state index is 13.1. The van der Waals surface area contributed by atoms with Gasteiger partial charge in [-0.3, -0.25) is 0 Å². The fraction of sp³-hybridized carbons (Fsp3) is 0.0833. The number of aromatic nitrogens is 2. The molecule has 0 unspecified atom stereocenters. The molecule has 0 fully saturated rings. The molecule has 0 N–H and O–H groups in total. The van der Waals surface area contributed by atoms with Crippen LogP contribution in [-0.4, -0.2) is 9.55 Å². The SMILES string of the molecule is Cn1cccc2nc3ccc(F)cc3c1-2. The van der Waals surface area contributed by atoms with Gasteiger partial charge in [-0.05, 0) is 30.3 Å². The highest BCUT2D eigenvalue weighted by molar-refractivity contribution is 5.95. The average Bonchev–Trinajstić information content (AvgIpc) is 2.57. The van der Waals surface area contributed by atoms with Crippen LogP contribution in [0.4, 0.5) is 4.39 Å². The number of halogens is 1. The fourth-order valence-electron chi connectivity index (χ4n) is 1.94. The van der Waals surface area contributed by atoms with E-state index in [1.807, 2.05) is 29.9 Å². The summed E-state index contributed by atoms with van der Waals surface area (Å²) in [4.78, 5) is 4.43. The van der Waals surface area contributed by atoms with E-state index in [4.69, 9.17) is 0 Å². The lowest BCUT2D eigenvalue weighted by Gasteiger charge is -2.05. The smallest absolute Gasteiger partial charge is 0.124 e. The van der Waals surface area contributed by atoms with Crippen LogP contribution < -0.4 is 0 Å². The monoisotopic (exact) mass is 200 g/mol. The van der Waals surface area contributed by atoms with Gasteiger partial charge >= 0.3 is 0 Å². The van der Waals surface area contributed by atoms with Gasteiger partial charge in [-0.2, -0.15) is 0 Å². The molecule has 1 aromatic rings. The Balaban J connectivity index is 2.54. The van der Waals surface area contributed by atoms with Crippen molar-refractivity contribution in [3.63, 3.8) is 0 Å². The lowest BCUT2D eigenvalue weighted by Crippen LogP contribution is -1.94. The normalized spacial score (nSPS) is 11.3. The molecular formula is C12H9FN2. The Hall–Kier alpha value is -1.90. The summed E-state index contributed by atoms with van der Waals surface area (Å²) in [7, 11) is 1.94. The van der Waals surface area contributed by atoms with Gasteiger partial charge in [-0.15, -0.1) is 0 Å². The zero-order valence-corrected chi connectivity index (χ0v) is 8.24. The van der Waals surface area contributed by atoms with E-state index < -0.39 is 0 Å². The summed E-state index contributed by atoms with van der Waals surface area (Å²) < 4.78 is 15.1. The number of benzene rings is 1. The number of aryl methyl sites for hydroxylation is 1. The zero-order chi connectivity index (χ0) is 10.4. The van der Waals surface area contributed by atoms with E-state index in [9.17, 15) is 4.39 Å². The van der Waals surface area contributed by atoms with Crippen LogP contribution >= 0.6 is 0 Å². The van der Waals surface area contributed by atoms with Crippen molar-refractivity contribution in [2.24, 2.45) is 7.05 Å². The molecule has 3 rings (SSSR count). The van der Waals surface area contributed by atoms with E-state index in [0.717, 1.165) is 22.3 Å². The quantitative estimate of drug-likeness (QED) is 0.545. The number of hydrogen-bond donors (Lipinski definition) is 0. The summed E-state index contributed by atoms with van der Waals surface area (Å²) in [5, 5.41) is 0.869. The molecule has 2 aliphatic rings. The van der Waals surface area contributed by atoms with Crippen LogP contribution in [0, 0.1) is 5.82 Å². The number of nitrogens with zero attached hydrogens (tertiary/aromatic N) is 2. The molecule has 0 aromatic heterocycles. The summed E-state index contributed by atoms with van der Waals surface area (Å²) in [6.07, 6.45) is 1.94. The van der Waals surface area contributed by atoms with Crippen LogP contribution in [0.15, 0.2) is 36.5 Å². The summed E-state index contributed by atoms with van der Waals surface area (Å²) in [6.45, 7) is 0. The number of fused-ring (bicyclic) bond motifs is 3. The largest absolute Gasteiger partial charge is 0.349 e. The van der Waals surface area contributed by atoms with E-state index in [1.165, 1.54) is 12.1 Å². The third-order valence-electron chi connectivity index (χ3n) is 2.61. The molecule has 0 bridgehead atoms. The number of pyridine rings is 1. The predicted molar refractivity (Wildman–Crippen MR) is 57.3 cm³/mol. The predicted octanol–water partition coefficient (Wildman–Crippen LogP) is 2.82. The zero-order valence-electron chi connectivity index (χ0n) is 8.24. The Morgan fingerprint density at radius 1 is 1.27 bits per heavy atom. The maximum atomic E-state index is 13.1. The molecule has 0 saturated carbocycles. The van der Waals surface area contributed by atoms with Crippen LogP contribution in [-0.2, 0) is 7.05 Å². The van der Waals surface area contributed by atoms with Crippen LogP contribution in [0.5, 0.6) is 0 Å². The third-order valence-corrected chi connectivity index (χ3v) is 2.61. The van der Waals surface area contributed by atoms with Crippen molar-refractivity contribution in [1.82, 2.24) is 9.55 Å². The van der Waals surface area contributed by atoms with Crippen molar-refractivity contribution < 1.29 is 4.39 Å². The molecule has 2 aliphatic heterocycles. The van der Waals surface area contributed by atoms with Gasteiger partial charge in [0.1, 0.15) is 5.82 Å². The molecule has 74 valence electrons. The van der Waals surface area contributed by atoms with Crippen LogP contribution in [0.1, 0.15) is 0 Å². The van der Waals surface area contributed by atoms with Gasteiger partial charge in [0.05, 0.1) is 16.9 Å². The minimum Gasteiger partial charge on any atom is -0.349 e. The lowest BCUT2D eigenvalue weighted by atomic mass is 10.2. The van der Waals surface area contributed by atoms with Crippen LogP contribution in [0.3, 0.4) is 0 Å². The molecular weight excluding hydrogens is 191 g/mol. The standard InChI is InChI=1S/C12H9FN2/c1-15-6-2-3-11-12(15)9-7-8(13)4-5-10(9)14-11/h2-7H,1H3. The molecule has 2 nitrogen and oxygen atoms in total. The summed E-state index contributed by atoms with van der Waals surface area (Å²) in [5.74, 6) is -0.222. The highest BCUT2D eigenvalue weighted by Gasteiger charge is 2.13. The van der Waals surface area contributed by atoms with E-state index in [0.29, 0.717) is 0 Å². The van der Waals surface area contributed by atoms with Crippen LogP contribution in [0.2, 0.25) is 0 Å². The maximum Gasteiger partial charge on any atom is 0.124 e. The Labute approximate surface area is 86.3 Å². The molecule has 0 atom stereocenters. The van der Waals surface area contributed by atoms with Gasteiger partial charge in [0.25, 0.3) is 0 Å². The molecule has 1 aromatic carbocycles. The number of rotatable bonds is 0. The number of hydrogen-bond acceptors (Lipinski definition) is 1. The first kappa shape index (κ1) is 8.41. The fourth-order valence-corrected chi connectivity index (χ4v) is 1.94. The Morgan fingerprint density at radius 2 is 2.13 bits per heavy atom. The molecule has 2 heterocycles. The van der Waals surface area contributed by atoms with Gasteiger partial charge in [-0.1, -0.05) is 0 Å². The van der Waals surface area contributed by atoms with Crippen LogP contribution in [0.25, 0.3) is 22.3 Å². The second-order valence-corrected chi connectivity index (χ2v) is 3.63. The molecule has 15 heavy (non-hydrogen) atoms. The molecule has 0 amide bonds. The van der Waals surface area contributed by atoms with E-state index in [-0.39, 0.29) is 5.82 Å². The average molecular weight is 200 g/mol. The third kappa shape index (κ3) is 1.13. The van der Waals surface area contributed by atoms with Crippen molar-refractivity contribution in [2.45, 2.75) is 0 Å². The Morgan fingerprint density at radius 3 is 3.00 bits per heavy atom. The van der Waals surface area contributed by atoms with Crippen molar-refractivity contribution in [3.8, 4) is 11.4 Å². The minimum atomic E-state index is -0.222. The molecule has 0 spiro atoms. The minimum absolute atomic E-state index is 0.222. The first-order valence-corrected chi connectivity index (χ1v) is 4.76. The Kier molecular flexibility index (Phi) is 1.57. The van der Waals surface area contributed by atoms with Crippen molar-refractivity contribution in [2.75, 3.05) is 0 Å². The second-order valence-electron chi connectivity index (χ2n) is 3.63. The van der Waals surface area contributed by atoms with Gasteiger partial charge in [0.15, 0.2) is 0 Å². The van der Waals surface area contributed by atoms with E-state index in [2.05, 4.69) is 4.98 Å². The highest BCUT2D eigenvalue weighted by atomic mass is 19.1. The first-order chi connectivity index (χ1) is 7.25. The topological polar surface area (TPSA) is 17.8 Å². The van der Waals surface area contributed by atoms with Gasteiger partial charge in [-0.25, -0.2) is 9.37 Å². The highest BCUT2D eigenvalue weighted by Crippen LogP contribution is 2.30. The van der Waals surface area contributed by atoms with Crippen molar-refractivity contribution in [3.05, 3.63) is 42.3 Å². The summed E-state index contributed by atoms with van der Waals surface area (Å²) >= 11 is 0. The lowest BCUT2D eigenvalue weighted by molar-refractivity contribution is 0.629. The van der Waals surface area contributed by atoms with E-state index in [1.54, 1.807) is 6.07 Å². The molecule has 3 heteroatoms. The van der Waals surface area contributed by atoms with E-state index >= 15 is 0 Å². The first-order valence-electron chi connectivity index (χ1n) is 4.76. The van der Waals surface area contributed by atoms with Gasteiger partial charge in [0, 0.05) is 18.6 Å². The molecule has 0 aliphatic carbocycles. The van der Waals surface area contributed by atoms with Gasteiger partial charge < -0.3 is 4.57 Å². The molecule has 0 saturated heterocycles. The Bertz CT molecular complexity index is 612. The second kappa shape index (κ2) is 2.79. The van der Waals surface area contributed by atoms with Crippen molar-refractivity contribution >= 4 is 10.9 Å². The molecule has 0 radical (unpaired) electrons. The summed E-state index contributed by atoms with van der Waals surface area (Å²) in [5.41, 5.74) is 2.72. The summed E-state index contributed by atoms with van der Waals surface area (Å²) in [6, 6.07) is 8.56.